The summed E-state index contributed by atoms with van der Waals surface area (Å²) in [6, 6.07) is 61.8. The minimum absolute atomic E-state index is 0.0433. The molecule has 7 aromatic rings. The third-order valence-electron chi connectivity index (χ3n) is 23.6. The highest BCUT2D eigenvalue weighted by Crippen LogP contribution is 2.58. The molecule has 0 amide bonds. The summed E-state index contributed by atoms with van der Waals surface area (Å²) in [5.74, 6) is 5.35. The molecule has 0 unspecified atom stereocenters. The maximum absolute atomic E-state index is 2.81. The van der Waals surface area contributed by atoms with E-state index in [2.05, 4.69) is 219 Å². The molecular formula is C87H111N. The largest absolute Gasteiger partial charge is 0.310 e. The summed E-state index contributed by atoms with van der Waals surface area (Å²) in [5, 5.41) is 0. The van der Waals surface area contributed by atoms with Crippen molar-refractivity contribution in [2.45, 2.75) is 269 Å². The second kappa shape index (κ2) is 27.4. The van der Waals surface area contributed by atoms with Crippen LogP contribution >= 0.6 is 0 Å². The van der Waals surface area contributed by atoms with Gasteiger partial charge in [0.1, 0.15) is 0 Å². The molecule has 1 nitrogen and oxygen atoms in total. The maximum atomic E-state index is 2.81. The van der Waals surface area contributed by atoms with Gasteiger partial charge in [0, 0.05) is 17.1 Å². The Labute approximate surface area is 535 Å². The fraction of sp³-hybridized carbons (Fsp3) is 0.517. The van der Waals surface area contributed by atoms with Gasteiger partial charge in [-0.1, -0.05) is 293 Å². The molecule has 0 radical (unpaired) electrons. The fourth-order valence-electron chi connectivity index (χ4n) is 18.1. The SMILES string of the molecule is CCC1CCCC(c2cc(-c3ccc(N(c4ccc(C5CCCCC5)cc4)c4ccc5c(c4)C(c4ccc(C(C)(C)C)cc4)(c4ccc(C(C)(C)C)cc4)c4ccccc4-5)cc3)cc(C3CCCC(CC)CCC3)c2C2CCCC(CC)CCC2)CCC1. The minimum atomic E-state index is -0.535. The first kappa shape index (κ1) is 62.5. The predicted molar refractivity (Wildman–Crippen MR) is 380 cm³/mol. The Morgan fingerprint density at radius 3 is 1.22 bits per heavy atom. The molecule has 88 heavy (non-hydrogen) atoms. The van der Waals surface area contributed by atoms with E-state index in [1.54, 1.807) is 11.1 Å². The van der Waals surface area contributed by atoms with Crippen LogP contribution < -0.4 is 4.90 Å². The molecule has 464 valence electrons. The maximum Gasteiger partial charge on any atom is 0.0714 e. The van der Waals surface area contributed by atoms with Crippen LogP contribution in [-0.4, -0.2) is 0 Å². The Morgan fingerprint density at radius 1 is 0.352 bits per heavy atom. The summed E-state index contributed by atoms with van der Waals surface area (Å²) >= 11 is 0. The van der Waals surface area contributed by atoms with Gasteiger partial charge in [0.25, 0.3) is 0 Å². The molecule has 0 saturated heterocycles. The number of anilines is 3. The first-order valence-electron chi connectivity index (χ1n) is 36.4. The van der Waals surface area contributed by atoms with E-state index >= 15 is 0 Å². The van der Waals surface area contributed by atoms with Crippen molar-refractivity contribution < 1.29 is 0 Å². The van der Waals surface area contributed by atoms with E-state index in [4.69, 9.17) is 0 Å². The van der Waals surface area contributed by atoms with Crippen molar-refractivity contribution in [2.24, 2.45) is 17.8 Å². The lowest BCUT2D eigenvalue weighted by molar-refractivity contribution is 0.334. The zero-order chi connectivity index (χ0) is 61.0. The minimum Gasteiger partial charge on any atom is -0.310 e. The van der Waals surface area contributed by atoms with Crippen LogP contribution in [0.5, 0.6) is 0 Å². The smallest absolute Gasteiger partial charge is 0.0714 e. The molecule has 12 rings (SSSR count). The van der Waals surface area contributed by atoms with Gasteiger partial charge < -0.3 is 4.90 Å². The van der Waals surface area contributed by atoms with Gasteiger partial charge in [0.15, 0.2) is 0 Å². The standard InChI is InChI=1S/C87H111N/c1-10-61-24-18-32-67(33-19-25-61)80-58-70(59-81(68-34-20-26-62(11-2)27-21-35-68)84(80)69-36-22-28-63(12-3)29-23-37-69)66-42-54-76(55-43-66)88(75-52-40-65(41-53-75)64-30-14-13-15-31-64)77-56-57-79-78-38-16-17-39-82(78)87(83(79)60-77,73-48-44-71(45-49-73)85(4,5)6)74-50-46-72(47-51-74)86(7,8)9/h16-17,38-64,67-69H,10-15,18-37H2,1-9H3. The van der Waals surface area contributed by atoms with Crippen LogP contribution in [0.25, 0.3) is 22.3 Å². The van der Waals surface area contributed by atoms with Gasteiger partial charge in [-0.2, -0.15) is 0 Å². The Kier molecular flexibility index (Phi) is 19.5. The first-order chi connectivity index (χ1) is 42.7. The lowest BCUT2D eigenvalue weighted by atomic mass is 9.67. The zero-order valence-electron chi connectivity index (χ0n) is 56.3. The van der Waals surface area contributed by atoms with Crippen LogP contribution in [-0.2, 0) is 16.2 Å². The van der Waals surface area contributed by atoms with Gasteiger partial charge >= 0.3 is 0 Å². The van der Waals surface area contributed by atoms with Gasteiger partial charge in [0.05, 0.1) is 5.41 Å². The van der Waals surface area contributed by atoms with Crippen LogP contribution in [0.2, 0.25) is 0 Å². The van der Waals surface area contributed by atoms with Crippen molar-refractivity contribution in [3.8, 4) is 22.3 Å². The van der Waals surface area contributed by atoms with Crippen molar-refractivity contribution in [1.29, 1.82) is 0 Å². The van der Waals surface area contributed by atoms with E-state index in [9.17, 15) is 0 Å². The molecule has 0 aliphatic heterocycles. The highest BCUT2D eigenvalue weighted by atomic mass is 15.1. The summed E-state index contributed by atoms with van der Waals surface area (Å²) in [6.45, 7) is 21.4. The third-order valence-corrected chi connectivity index (χ3v) is 23.6. The number of nitrogens with zero attached hydrogens (tertiary/aromatic N) is 1. The van der Waals surface area contributed by atoms with Gasteiger partial charge in [0.2, 0.25) is 0 Å². The van der Waals surface area contributed by atoms with Crippen LogP contribution in [0.3, 0.4) is 0 Å². The average molecular weight is 1170 g/mol. The van der Waals surface area contributed by atoms with E-state index in [-0.39, 0.29) is 10.8 Å². The number of hydrogen-bond acceptors (Lipinski definition) is 1. The Bertz CT molecular complexity index is 3250. The van der Waals surface area contributed by atoms with E-state index in [0.717, 1.165) is 17.8 Å². The van der Waals surface area contributed by atoms with Gasteiger partial charge in [-0.25, -0.2) is 0 Å². The van der Waals surface area contributed by atoms with E-state index in [0.29, 0.717) is 23.7 Å². The van der Waals surface area contributed by atoms with Crippen molar-refractivity contribution in [2.75, 3.05) is 4.90 Å². The summed E-state index contributed by atoms with van der Waals surface area (Å²) < 4.78 is 0. The van der Waals surface area contributed by atoms with Gasteiger partial charge in [-0.05, 0) is 218 Å². The quantitative estimate of drug-likeness (QED) is 0.111. The molecule has 0 aromatic heterocycles. The van der Waals surface area contributed by atoms with E-state index in [1.807, 2.05) is 5.56 Å². The zero-order valence-corrected chi connectivity index (χ0v) is 56.3. The predicted octanol–water partition coefficient (Wildman–Crippen LogP) is 26.2. The molecule has 5 aliphatic carbocycles. The average Bonchev–Trinajstić information content (AvgIpc) is 1.53. The fourth-order valence-corrected chi connectivity index (χ4v) is 18.1. The van der Waals surface area contributed by atoms with Gasteiger partial charge in [-0.15, -0.1) is 0 Å². The second-order valence-corrected chi connectivity index (χ2v) is 31.1. The van der Waals surface area contributed by atoms with Crippen molar-refractivity contribution in [3.63, 3.8) is 0 Å². The van der Waals surface area contributed by atoms with Crippen LogP contribution in [0.4, 0.5) is 17.1 Å². The van der Waals surface area contributed by atoms with Crippen molar-refractivity contribution in [3.05, 3.63) is 207 Å². The second-order valence-electron chi connectivity index (χ2n) is 31.1. The number of fused-ring (bicyclic) bond motifs is 3. The molecule has 0 N–H and O–H groups in total. The van der Waals surface area contributed by atoms with Crippen LogP contribution in [0.1, 0.15) is 309 Å². The highest BCUT2D eigenvalue weighted by molar-refractivity contribution is 5.90. The molecule has 0 atom stereocenters. The molecule has 0 spiro atoms. The monoisotopic (exact) mass is 1170 g/mol. The van der Waals surface area contributed by atoms with Crippen molar-refractivity contribution in [1.82, 2.24) is 0 Å². The van der Waals surface area contributed by atoms with E-state index < -0.39 is 5.41 Å². The molecule has 0 heterocycles. The lowest BCUT2D eigenvalue weighted by Crippen LogP contribution is -2.29. The highest BCUT2D eigenvalue weighted by Gasteiger charge is 2.47. The summed E-state index contributed by atoms with van der Waals surface area (Å²) in [4.78, 5) is 2.60. The molecule has 0 bridgehead atoms. The Hall–Kier alpha value is -5.66. The molecule has 1 heteroatoms. The molecule has 4 saturated carbocycles. The van der Waals surface area contributed by atoms with Crippen LogP contribution in [0, 0.1) is 17.8 Å². The first-order valence-corrected chi connectivity index (χ1v) is 36.4. The normalized spacial score (nSPS) is 23.1. The van der Waals surface area contributed by atoms with Crippen molar-refractivity contribution >= 4 is 17.1 Å². The Morgan fingerprint density at radius 2 is 0.761 bits per heavy atom. The van der Waals surface area contributed by atoms with Gasteiger partial charge in [-0.3, -0.25) is 0 Å². The third kappa shape index (κ3) is 13.1. The van der Waals surface area contributed by atoms with E-state index in [1.165, 1.54) is 245 Å². The number of benzene rings is 7. The summed E-state index contributed by atoms with van der Waals surface area (Å²) in [7, 11) is 0. The molecule has 5 aliphatic rings. The molecule has 4 fully saturated rings. The summed E-state index contributed by atoms with van der Waals surface area (Å²) in [6.07, 6.45) is 35.6. The summed E-state index contributed by atoms with van der Waals surface area (Å²) in [5.41, 5.74) is 23.7. The topological polar surface area (TPSA) is 3.24 Å². The Balaban J connectivity index is 1.01. The molecule has 7 aromatic carbocycles. The number of hydrogen-bond donors (Lipinski definition) is 0. The number of rotatable bonds is 13. The van der Waals surface area contributed by atoms with Crippen LogP contribution in [0.15, 0.2) is 152 Å². The molecular weight excluding hydrogens is 1060 g/mol. The lowest BCUT2D eigenvalue weighted by Gasteiger charge is -2.36.